The third-order valence-electron chi connectivity index (χ3n) is 4.07. The number of nitrogens with zero attached hydrogens (tertiary/aromatic N) is 3. The zero-order valence-corrected chi connectivity index (χ0v) is 13.4. The SMILES string of the molecule is Cc1ccc(C(=O)N(C)CC(=O)N2CCC(C(=O)O)CC2)cn1. The molecule has 1 aliphatic heterocycles. The number of likely N-dealkylation sites (tertiary alicyclic amines) is 1. The zero-order chi connectivity index (χ0) is 17.0. The van der Waals surface area contributed by atoms with Crippen molar-refractivity contribution >= 4 is 17.8 Å². The van der Waals surface area contributed by atoms with Crippen molar-refractivity contribution in [3.8, 4) is 0 Å². The predicted molar refractivity (Wildman–Crippen MR) is 82.9 cm³/mol. The number of hydrogen-bond donors (Lipinski definition) is 1. The molecule has 7 heteroatoms. The van der Waals surface area contributed by atoms with E-state index in [9.17, 15) is 14.4 Å². The van der Waals surface area contributed by atoms with Crippen LogP contribution in [0.15, 0.2) is 18.3 Å². The van der Waals surface area contributed by atoms with Crippen LogP contribution in [0.3, 0.4) is 0 Å². The molecule has 0 aliphatic carbocycles. The molecule has 1 fully saturated rings. The highest BCUT2D eigenvalue weighted by molar-refractivity contribution is 5.96. The van der Waals surface area contributed by atoms with Gasteiger partial charge in [0, 0.05) is 32.0 Å². The fourth-order valence-corrected chi connectivity index (χ4v) is 2.57. The lowest BCUT2D eigenvalue weighted by atomic mass is 9.97. The standard InChI is InChI=1S/C16H21N3O4/c1-11-3-4-13(9-17-11)15(21)18(2)10-14(20)19-7-5-12(6-8-19)16(22)23/h3-4,9,12H,5-8,10H2,1-2H3,(H,22,23). The predicted octanol–water partition coefficient (Wildman–Crippen LogP) is 0.785. The number of carboxylic acid groups (broad SMARTS) is 1. The highest BCUT2D eigenvalue weighted by atomic mass is 16.4. The fourth-order valence-electron chi connectivity index (χ4n) is 2.57. The number of piperidine rings is 1. The Morgan fingerprint density at radius 3 is 2.48 bits per heavy atom. The first-order valence-electron chi connectivity index (χ1n) is 7.57. The van der Waals surface area contributed by atoms with Gasteiger partial charge in [0.05, 0.1) is 18.0 Å². The number of amides is 2. The molecule has 0 bridgehead atoms. The second-order valence-electron chi connectivity index (χ2n) is 5.84. The molecule has 0 radical (unpaired) electrons. The van der Waals surface area contributed by atoms with Gasteiger partial charge in [-0.2, -0.15) is 0 Å². The molecule has 0 atom stereocenters. The Balaban J connectivity index is 1.88. The van der Waals surface area contributed by atoms with Gasteiger partial charge in [-0.05, 0) is 31.9 Å². The number of carbonyl (C=O) groups is 3. The van der Waals surface area contributed by atoms with Crippen LogP contribution < -0.4 is 0 Å². The first kappa shape index (κ1) is 16.9. The summed E-state index contributed by atoms with van der Waals surface area (Å²) >= 11 is 0. The minimum absolute atomic E-state index is 0.0234. The Morgan fingerprint density at radius 1 is 1.30 bits per heavy atom. The summed E-state index contributed by atoms with van der Waals surface area (Å²) in [5, 5.41) is 8.96. The monoisotopic (exact) mass is 319 g/mol. The molecule has 0 saturated carbocycles. The molecule has 0 spiro atoms. The number of aromatic nitrogens is 1. The van der Waals surface area contributed by atoms with Crippen LogP contribution >= 0.6 is 0 Å². The van der Waals surface area contributed by atoms with Gasteiger partial charge in [-0.25, -0.2) is 0 Å². The Labute approximate surface area is 134 Å². The van der Waals surface area contributed by atoms with Crippen molar-refractivity contribution in [3.05, 3.63) is 29.6 Å². The highest BCUT2D eigenvalue weighted by Crippen LogP contribution is 2.17. The van der Waals surface area contributed by atoms with Gasteiger partial charge in [-0.15, -0.1) is 0 Å². The summed E-state index contributed by atoms with van der Waals surface area (Å²) in [4.78, 5) is 42.5. The number of aryl methyl sites for hydroxylation is 1. The van der Waals surface area contributed by atoms with E-state index in [-0.39, 0.29) is 24.3 Å². The molecule has 1 aromatic heterocycles. The average molecular weight is 319 g/mol. The molecule has 124 valence electrons. The smallest absolute Gasteiger partial charge is 0.306 e. The summed E-state index contributed by atoms with van der Waals surface area (Å²) in [6.07, 6.45) is 2.41. The van der Waals surface area contributed by atoms with Crippen LogP contribution in [0.1, 0.15) is 28.9 Å². The minimum Gasteiger partial charge on any atom is -0.481 e. The second kappa shape index (κ2) is 7.21. The van der Waals surface area contributed by atoms with E-state index in [4.69, 9.17) is 5.11 Å². The second-order valence-corrected chi connectivity index (χ2v) is 5.84. The number of pyridine rings is 1. The van der Waals surface area contributed by atoms with Gasteiger partial charge < -0.3 is 14.9 Å². The first-order chi connectivity index (χ1) is 10.9. The normalized spacial score (nSPS) is 15.3. The van der Waals surface area contributed by atoms with Crippen molar-refractivity contribution in [2.75, 3.05) is 26.7 Å². The van der Waals surface area contributed by atoms with E-state index < -0.39 is 5.97 Å². The van der Waals surface area contributed by atoms with E-state index in [1.807, 2.05) is 6.92 Å². The Bertz CT molecular complexity index is 592. The maximum Gasteiger partial charge on any atom is 0.306 e. The molecule has 0 unspecified atom stereocenters. The Morgan fingerprint density at radius 2 is 1.96 bits per heavy atom. The number of hydrogen-bond acceptors (Lipinski definition) is 4. The molecule has 23 heavy (non-hydrogen) atoms. The molecular formula is C16H21N3O4. The van der Waals surface area contributed by atoms with Crippen molar-refractivity contribution in [1.29, 1.82) is 0 Å². The quantitative estimate of drug-likeness (QED) is 0.886. The third kappa shape index (κ3) is 4.28. The van der Waals surface area contributed by atoms with Crippen LogP contribution in [-0.4, -0.2) is 64.4 Å². The van der Waals surface area contributed by atoms with Crippen LogP contribution in [0.5, 0.6) is 0 Å². The van der Waals surface area contributed by atoms with Crippen molar-refractivity contribution in [3.63, 3.8) is 0 Å². The first-order valence-corrected chi connectivity index (χ1v) is 7.57. The van der Waals surface area contributed by atoms with Crippen molar-refractivity contribution in [2.24, 2.45) is 5.92 Å². The van der Waals surface area contributed by atoms with Gasteiger partial charge in [-0.3, -0.25) is 19.4 Å². The van der Waals surface area contributed by atoms with E-state index in [2.05, 4.69) is 4.98 Å². The lowest BCUT2D eigenvalue weighted by molar-refractivity contribution is -0.145. The van der Waals surface area contributed by atoms with E-state index in [1.165, 1.54) is 11.1 Å². The minimum atomic E-state index is -0.809. The molecule has 1 saturated heterocycles. The summed E-state index contributed by atoms with van der Waals surface area (Å²) in [5.41, 5.74) is 1.26. The van der Waals surface area contributed by atoms with Crippen LogP contribution in [0, 0.1) is 12.8 Å². The van der Waals surface area contributed by atoms with E-state index in [0.29, 0.717) is 31.5 Å². The van der Waals surface area contributed by atoms with Crippen LogP contribution in [0.4, 0.5) is 0 Å². The van der Waals surface area contributed by atoms with Crippen molar-refractivity contribution in [2.45, 2.75) is 19.8 Å². The molecule has 1 aliphatic rings. The van der Waals surface area contributed by atoms with Crippen LogP contribution in [0.2, 0.25) is 0 Å². The molecular weight excluding hydrogens is 298 g/mol. The van der Waals surface area contributed by atoms with Gasteiger partial charge in [0.2, 0.25) is 5.91 Å². The van der Waals surface area contributed by atoms with E-state index in [0.717, 1.165) is 5.69 Å². The lowest BCUT2D eigenvalue weighted by Gasteiger charge is -2.31. The molecule has 2 rings (SSSR count). The molecule has 0 aromatic carbocycles. The summed E-state index contributed by atoms with van der Waals surface area (Å²) in [6.45, 7) is 2.65. The topological polar surface area (TPSA) is 90.8 Å². The summed E-state index contributed by atoms with van der Waals surface area (Å²) < 4.78 is 0. The lowest BCUT2D eigenvalue weighted by Crippen LogP contribution is -2.45. The average Bonchev–Trinajstić information content (AvgIpc) is 2.54. The zero-order valence-electron chi connectivity index (χ0n) is 13.4. The summed E-state index contributed by atoms with van der Waals surface area (Å²) in [7, 11) is 1.57. The van der Waals surface area contributed by atoms with Gasteiger partial charge in [0.25, 0.3) is 5.91 Å². The molecule has 1 aromatic rings. The van der Waals surface area contributed by atoms with Crippen LogP contribution in [0.25, 0.3) is 0 Å². The van der Waals surface area contributed by atoms with Crippen LogP contribution in [-0.2, 0) is 9.59 Å². The van der Waals surface area contributed by atoms with E-state index >= 15 is 0 Å². The highest BCUT2D eigenvalue weighted by Gasteiger charge is 2.28. The van der Waals surface area contributed by atoms with Gasteiger partial charge in [0.1, 0.15) is 0 Å². The number of carbonyl (C=O) groups excluding carboxylic acids is 2. The maximum atomic E-state index is 12.3. The van der Waals surface area contributed by atoms with Crippen molar-refractivity contribution < 1.29 is 19.5 Å². The molecule has 2 heterocycles. The largest absolute Gasteiger partial charge is 0.481 e. The maximum absolute atomic E-state index is 12.3. The summed E-state index contributed by atoms with van der Waals surface area (Å²) in [5.74, 6) is -1.61. The summed E-state index contributed by atoms with van der Waals surface area (Å²) in [6, 6.07) is 3.43. The Kier molecular flexibility index (Phi) is 5.31. The number of carboxylic acids is 1. The molecule has 2 amide bonds. The number of rotatable bonds is 4. The third-order valence-corrected chi connectivity index (χ3v) is 4.07. The Hall–Kier alpha value is -2.44. The molecule has 7 nitrogen and oxygen atoms in total. The van der Waals surface area contributed by atoms with Gasteiger partial charge in [0.15, 0.2) is 0 Å². The van der Waals surface area contributed by atoms with E-state index in [1.54, 1.807) is 24.1 Å². The fraction of sp³-hybridized carbons (Fsp3) is 0.500. The number of likely N-dealkylation sites (N-methyl/N-ethyl adjacent to an activating group) is 1. The number of aliphatic carboxylic acids is 1. The van der Waals surface area contributed by atoms with Crippen molar-refractivity contribution in [1.82, 2.24) is 14.8 Å². The van der Waals surface area contributed by atoms with Gasteiger partial charge >= 0.3 is 5.97 Å². The van der Waals surface area contributed by atoms with Gasteiger partial charge in [-0.1, -0.05) is 0 Å². The molecule has 1 N–H and O–H groups in total.